The minimum atomic E-state index is -0.835. The van der Waals surface area contributed by atoms with Gasteiger partial charge in [-0.25, -0.2) is 24.3 Å². The lowest BCUT2D eigenvalue weighted by Gasteiger charge is -2.31. The lowest BCUT2D eigenvalue weighted by Crippen LogP contribution is -2.56. The van der Waals surface area contributed by atoms with Crippen molar-refractivity contribution < 1.29 is 14.4 Å². The van der Waals surface area contributed by atoms with Crippen LogP contribution in [0.2, 0.25) is 0 Å². The maximum Gasteiger partial charge on any atom is 0.356 e. The fourth-order valence-corrected chi connectivity index (χ4v) is 2.82. The van der Waals surface area contributed by atoms with Gasteiger partial charge in [0.05, 0.1) is 5.69 Å². The summed E-state index contributed by atoms with van der Waals surface area (Å²) in [5, 5.41) is 7.52. The number of hydrogen-bond acceptors (Lipinski definition) is 4. The van der Waals surface area contributed by atoms with Crippen molar-refractivity contribution in [1.29, 1.82) is 0 Å². The molecule has 2 N–H and O–H groups in total. The minimum absolute atomic E-state index is 0.320. The molecule has 3 aromatic carbocycles. The van der Waals surface area contributed by atoms with Crippen molar-refractivity contribution in [2.75, 3.05) is 29.6 Å². The van der Waals surface area contributed by atoms with Gasteiger partial charge in [0.1, 0.15) is 0 Å². The average molecular weight is 417 g/mol. The van der Waals surface area contributed by atoms with Crippen LogP contribution in [0.3, 0.4) is 0 Å². The maximum atomic E-state index is 13.4. The second-order valence-electron chi connectivity index (χ2n) is 6.70. The summed E-state index contributed by atoms with van der Waals surface area (Å²) in [6, 6.07) is 23.7. The SMILES string of the molecule is CN(C)N(C(=O)Nc1ccccc1)C(=O)N(C(=O)Nc1ccccc1)c1ccccc1. The third-order valence-corrected chi connectivity index (χ3v) is 4.23. The number of benzene rings is 3. The van der Waals surface area contributed by atoms with Crippen LogP contribution < -0.4 is 15.5 Å². The molecule has 0 atom stereocenters. The molecule has 0 saturated heterocycles. The van der Waals surface area contributed by atoms with E-state index in [9.17, 15) is 14.4 Å². The zero-order valence-corrected chi connectivity index (χ0v) is 17.2. The number of carbonyl (C=O) groups excluding carboxylic acids is 3. The van der Waals surface area contributed by atoms with Gasteiger partial charge >= 0.3 is 18.1 Å². The quantitative estimate of drug-likeness (QED) is 0.594. The van der Waals surface area contributed by atoms with Crippen molar-refractivity contribution in [2.24, 2.45) is 0 Å². The molecular formula is C23H23N5O3. The van der Waals surface area contributed by atoms with E-state index in [0.717, 1.165) is 9.91 Å². The van der Waals surface area contributed by atoms with E-state index in [1.54, 1.807) is 93.0 Å². The monoisotopic (exact) mass is 417 g/mol. The highest BCUT2D eigenvalue weighted by Crippen LogP contribution is 2.19. The highest BCUT2D eigenvalue weighted by atomic mass is 16.2. The molecule has 0 spiro atoms. The predicted molar refractivity (Wildman–Crippen MR) is 121 cm³/mol. The van der Waals surface area contributed by atoms with E-state index in [2.05, 4.69) is 10.6 Å². The van der Waals surface area contributed by atoms with Crippen LogP contribution in [0.5, 0.6) is 0 Å². The fourth-order valence-electron chi connectivity index (χ4n) is 2.82. The van der Waals surface area contributed by atoms with Crippen LogP contribution in [0.15, 0.2) is 91.0 Å². The van der Waals surface area contributed by atoms with Gasteiger partial charge in [-0.3, -0.25) is 0 Å². The van der Waals surface area contributed by atoms with Crippen LogP contribution in [-0.4, -0.2) is 42.2 Å². The molecule has 0 unspecified atom stereocenters. The van der Waals surface area contributed by atoms with E-state index in [1.165, 1.54) is 5.01 Å². The zero-order chi connectivity index (χ0) is 22.2. The average Bonchev–Trinajstić information content (AvgIpc) is 2.76. The largest absolute Gasteiger partial charge is 0.356 e. The number of carbonyl (C=O) groups is 3. The van der Waals surface area contributed by atoms with Gasteiger partial charge in [0.25, 0.3) is 0 Å². The van der Waals surface area contributed by atoms with Gasteiger partial charge in [0.15, 0.2) is 0 Å². The molecule has 0 radical (unpaired) electrons. The summed E-state index contributed by atoms with van der Waals surface area (Å²) in [6.45, 7) is 0. The molecule has 0 aliphatic heterocycles. The Morgan fingerprint density at radius 2 is 1.03 bits per heavy atom. The van der Waals surface area contributed by atoms with Crippen molar-refractivity contribution in [2.45, 2.75) is 0 Å². The Bertz CT molecular complexity index is 1030. The van der Waals surface area contributed by atoms with Gasteiger partial charge in [0, 0.05) is 25.5 Å². The van der Waals surface area contributed by atoms with Crippen LogP contribution in [0, 0.1) is 0 Å². The number of rotatable bonds is 4. The second kappa shape index (κ2) is 10.0. The van der Waals surface area contributed by atoms with Crippen LogP contribution in [0.4, 0.5) is 31.4 Å². The van der Waals surface area contributed by atoms with Crippen molar-refractivity contribution >= 4 is 35.2 Å². The van der Waals surface area contributed by atoms with Crippen molar-refractivity contribution in [3.63, 3.8) is 0 Å². The number of anilines is 3. The van der Waals surface area contributed by atoms with Crippen LogP contribution >= 0.6 is 0 Å². The summed E-state index contributed by atoms with van der Waals surface area (Å²) < 4.78 is 0. The van der Waals surface area contributed by atoms with Crippen LogP contribution in [-0.2, 0) is 0 Å². The van der Waals surface area contributed by atoms with Gasteiger partial charge < -0.3 is 10.6 Å². The van der Waals surface area contributed by atoms with E-state index >= 15 is 0 Å². The second-order valence-corrected chi connectivity index (χ2v) is 6.70. The van der Waals surface area contributed by atoms with E-state index in [0.29, 0.717) is 17.1 Å². The normalized spacial score (nSPS) is 10.3. The van der Waals surface area contributed by atoms with Gasteiger partial charge in [0.2, 0.25) is 0 Å². The third kappa shape index (κ3) is 5.46. The molecule has 0 fully saturated rings. The van der Waals surface area contributed by atoms with E-state index in [4.69, 9.17) is 0 Å². The van der Waals surface area contributed by atoms with Crippen molar-refractivity contribution in [1.82, 2.24) is 10.0 Å². The van der Waals surface area contributed by atoms with E-state index < -0.39 is 18.1 Å². The molecule has 3 aromatic rings. The molecule has 158 valence electrons. The topological polar surface area (TPSA) is 85.0 Å². The summed E-state index contributed by atoms with van der Waals surface area (Å²) in [7, 11) is 3.08. The Kier molecular flexibility index (Phi) is 6.97. The molecule has 31 heavy (non-hydrogen) atoms. The summed E-state index contributed by atoms with van der Waals surface area (Å²) in [4.78, 5) is 40.3. The summed E-state index contributed by atoms with van der Waals surface area (Å²) >= 11 is 0. The van der Waals surface area contributed by atoms with Gasteiger partial charge in [-0.15, -0.1) is 0 Å². The van der Waals surface area contributed by atoms with Crippen LogP contribution in [0.25, 0.3) is 0 Å². The van der Waals surface area contributed by atoms with Crippen LogP contribution in [0.1, 0.15) is 0 Å². The molecule has 0 aliphatic rings. The molecule has 0 aromatic heterocycles. The first-order valence-corrected chi connectivity index (χ1v) is 9.56. The summed E-state index contributed by atoms with van der Waals surface area (Å²) in [5.41, 5.74) is 1.36. The number of nitrogens with zero attached hydrogens (tertiary/aromatic N) is 3. The molecular weight excluding hydrogens is 394 g/mol. The lowest BCUT2D eigenvalue weighted by atomic mass is 10.3. The Morgan fingerprint density at radius 3 is 1.48 bits per heavy atom. The number of imide groups is 2. The molecule has 0 saturated carbocycles. The lowest BCUT2D eigenvalue weighted by molar-refractivity contribution is 0.101. The fraction of sp³-hybridized carbons (Fsp3) is 0.0870. The van der Waals surface area contributed by atoms with E-state index in [-0.39, 0.29) is 0 Å². The number of urea groups is 3. The molecule has 0 aliphatic carbocycles. The Morgan fingerprint density at radius 1 is 0.613 bits per heavy atom. The van der Waals surface area contributed by atoms with Gasteiger partial charge in [-0.1, -0.05) is 54.6 Å². The number of hydrazine groups is 1. The molecule has 8 heteroatoms. The molecule has 0 heterocycles. The molecule has 3 rings (SSSR count). The zero-order valence-electron chi connectivity index (χ0n) is 17.2. The number of amides is 6. The molecule has 0 bridgehead atoms. The Balaban J connectivity index is 1.91. The van der Waals surface area contributed by atoms with E-state index in [1.807, 2.05) is 12.1 Å². The molecule has 6 amide bonds. The maximum absolute atomic E-state index is 13.4. The Labute approximate surface area is 180 Å². The first-order chi connectivity index (χ1) is 15.0. The highest BCUT2D eigenvalue weighted by molar-refractivity contribution is 6.21. The summed E-state index contributed by atoms with van der Waals surface area (Å²) in [6.07, 6.45) is 0. The summed E-state index contributed by atoms with van der Waals surface area (Å²) in [5.74, 6) is 0. The molecule has 8 nitrogen and oxygen atoms in total. The number of para-hydroxylation sites is 3. The highest BCUT2D eigenvalue weighted by Gasteiger charge is 2.34. The third-order valence-electron chi connectivity index (χ3n) is 4.23. The smallest absolute Gasteiger partial charge is 0.307 e. The first kappa shape index (κ1) is 21.5. The standard InChI is InChI=1S/C23H23N5O3/c1-26(2)28(22(30)25-19-14-8-4-9-15-19)23(31)27(20-16-10-5-11-17-20)21(29)24-18-12-6-3-7-13-18/h3-17H,1-2H3,(H,24,29)(H,25,30). The van der Waals surface area contributed by atoms with Gasteiger partial charge in [-0.2, -0.15) is 5.01 Å². The predicted octanol–water partition coefficient (Wildman–Crippen LogP) is 4.86. The Hall–Kier alpha value is -4.17. The van der Waals surface area contributed by atoms with Gasteiger partial charge in [-0.05, 0) is 36.4 Å². The number of nitrogens with one attached hydrogen (secondary N) is 2. The first-order valence-electron chi connectivity index (χ1n) is 9.56. The minimum Gasteiger partial charge on any atom is -0.307 e. The number of hydrogen-bond donors (Lipinski definition) is 2. The van der Waals surface area contributed by atoms with Crippen molar-refractivity contribution in [3.05, 3.63) is 91.0 Å². The van der Waals surface area contributed by atoms with Crippen molar-refractivity contribution in [3.8, 4) is 0 Å².